The quantitative estimate of drug-likeness (QED) is 0.565. The molecule has 2 aliphatic carbocycles. The van der Waals surface area contributed by atoms with Crippen molar-refractivity contribution in [2.75, 3.05) is 0 Å². The van der Waals surface area contributed by atoms with Crippen LogP contribution in [-0.4, -0.2) is 10.7 Å². The van der Waals surface area contributed by atoms with E-state index in [0.717, 1.165) is 25.7 Å². The maximum Gasteiger partial charge on any atom is 0.0656 e. The first-order valence-corrected chi connectivity index (χ1v) is 5.16. The molecule has 2 rings (SSSR count). The van der Waals surface area contributed by atoms with Crippen molar-refractivity contribution in [3.63, 3.8) is 0 Å². The van der Waals surface area contributed by atoms with Crippen LogP contribution in [0.1, 0.15) is 32.6 Å². The van der Waals surface area contributed by atoms with Gasteiger partial charge in [0.15, 0.2) is 0 Å². The Hall–Kier alpha value is -0.560. The monoisotopic (exact) mass is 178 g/mol. The average molecular weight is 178 g/mol. The third-order valence-electron chi connectivity index (χ3n) is 3.71. The lowest BCUT2D eigenvalue weighted by molar-refractivity contribution is 0.0154. The first kappa shape index (κ1) is 9.01. The molecular formula is C12H18O. The highest BCUT2D eigenvalue weighted by molar-refractivity contribution is 5.17. The van der Waals surface area contributed by atoms with Crippen LogP contribution >= 0.6 is 0 Å². The molecule has 0 aromatic rings. The Morgan fingerprint density at radius 3 is 3.08 bits per heavy atom. The van der Waals surface area contributed by atoms with Gasteiger partial charge >= 0.3 is 0 Å². The fourth-order valence-corrected chi connectivity index (χ4v) is 2.80. The van der Waals surface area contributed by atoms with E-state index >= 15 is 0 Å². The van der Waals surface area contributed by atoms with Crippen molar-refractivity contribution in [2.45, 2.75) is 38.2 Å². The Labute approximate surface area is 80.2 Å². The minimum atomic E-state index is -0.456. The second kappa shape index (κ2) is 2.98. The summed E-state index contributed by atoms with van der Waals surface area (Å²) >= 11 is 0. The van der Waals surface area contributed by atoms with Gasteiger partial charge in [0, 0.05) is 0 Å². The minimum Gasteiger partial charge on any atom is -0.390 e. The SMILES string of the molecule is C=C1CC=CC[C@H]2[C@@H]1CC[C@@]2(C)O. The van der Waals surface area contributed by atoms with Gasteiger partial charge in [-0.2, -0.15) is 0 Å². The van der Waals surface area contributed by atoms with Crippen LogP contribution in [0, 0.1) is 11.8 Å². The van der Waals surface area contributed by atoms with E-state index in [0.29, 0.717) is 11.8 Å². The average Bonchev–Trinajstić information content (AvgIpc) is 2.26. The molecule has 0 spiro atoms. The van der Waals surface area contributed by atoms with Crippen molar-refractivity contribution in [1.29, 1.82) is 0 Å². The molecule has 1 N–H and O–H groups in total. The van der Waals surface area contributed by atoms with Gasteiger partial charge in [-0.15, -0.1) is 0 Å². The zero-order chi connectivity index (χ0) is 9.47. The van der Waals surface area contributed by atoms with Crippen molar-refractivity contribution < 1.29 is 5.11 Å². The topological polar surface area (TPSA) is 20.2 Å². The van der Waals surface area contributed by atoms with Crippen molar-refractivity contribution in [2.24, 2.45) is 11.8 Å². The number of hydrogen-bond donors (Lipinski definition) is 1. The van der Waals surface area contributed by atoms with Gasteiger partial charge in [0.1, 0.15) is 0 Å². The molecule has 13 heavy (non-hydrogen) atoms. The Kier molecular flexibility index (Phi) is 2.07. The van der Waals surface area contributed by atoms with Crippen molar-refractivity contribution in [1.82, 2.24) is 0 Å². The van der Waals surface area contributed by atoms with Crippen LogP contribution in [-0.2, 0) is 0 Å². The summed E-state index contributed by atoms with van der Waals surface area (Å²) < 4.78 is 0. The Morgan fingerprint density at radius 1 is 1.54 bits per heavy atom. The molecule has 0 aliphatic heterocycles. The lowest BCUT2D eigenvalue weighted by atomic mass is 9.82. The minimum absolute atomic E-state index is 0.416. The van der Waals surface area contributed by atoms with Gasteiger partial charge in [-0.3, -0.25) is 0 Å². The summed E-state index contributed by atoms with van der Waals surface area (Å²) in [4.78, 5) is 0. The first-order chi connectivity index (χ1) is 6.11. The van der Waals surface area contributed by atoms with Gasteiger partial charge in [-0.05, 0) is 44.4 Å². The van der Waals surface area contributed by atoms with Crippen LogP contribution in [0.25, 0.3) is 0 Å². The van der Waals surface area contributed by atoms with E-state index in [2.05, 4.69) is 18.7 Å². The summed E-state index contributed by atoms with van der Waals surface area (Å²) in [5.74, 6) is 0.976. The van der Waals surface area contributed by atoms with Gasteiger partial charge in [-0.1, -0.05) is 24.3 Å². The highest BCUT2D eigenvalue weighted by Crippen LogP contribution is 2.47. The molecule has 0 bridgehead atoms. The second-order valence-electron chi connectivity index (χ2n) is 4.68. The van der Waals surface area contributed by atoms with E-state index in [9.17, 15) is 5.11 Å². The number of rotatable bonds is 0. The van der Waals surface area contributed by atoms with Gasteiger partial charge in [0.2, 0.25) is 0 Å². The molecule has 1 heteroatoms. The fraction of sp³-hybridized carbons (Fsp3) is 0.667. The van der Waals surface area contributed by atoms with E-state index in [1.807, 2.05) is 6.92 Å². The smallest absolute Gasteiger partial charge is 0.0656 e. The predicted molar refractivity (Wildman–Crippen MR) is 54.4 cm³/mol. The zero-order valence-corrected chi connectivity index (χ0v) is 8.29. The van der Waals surface area contributed by atoms with E-state index < -0.39 is 5.60 Å². The van der Waals surface area contributed by atoms with Crippen molar-refractivity contribution in [3.05, 3.63) is 24.3 Å². The number of aliphatic hydroxyl groups is 1. The van der Waals surface area contributed by atoms with Gasteiger partial charge in [0.25, 0.3) is 0 Å². The van der Waals surface area contributed by atoms with Crippen molar-refractivity contribution in [3.8, 4) is 0 Å². The van der Waals surface area contributed by atoms with Crippen LogP contribution in [0.5, 0.6) is 0 Å². The van der Waals surface area contributed by atoms with Gasteiger partial charge in [0.05, 0.1) is 5.60 Å². The molecule has 1 nitrogen and oxygen atoms in total. The standard InChI is InChI=1S/C12H18O/c1-9-5-3-4-6-11-10(9)7-8-12(11,2)13/h3-4,10-11,13H,1,5-8H2,2H3/t10-,11+,12-/m1/s1. The number of hydrogen-bond acceptors (Lipinski definition) is 1. The van der Waals surface area contributed by atoms with Crippen LogP contribution in [0.15, 0.2) is 24.3 Å². The molecule has 0 unspecified atom stereocenters. The Balaban J connectivity index is 2.25. The summed E-state index contributed by atoms with van der Waals surface area (Å²) in [6.07, 6.45) is 8.49. The maximum absolute atomic E-state index is 10.2. The molecule has 0 saturated heterocycles. The van der Waals surface area contributed by atoms with E-state index in [1.165, 1.54) is 5.57 Å². The van der Waals surface area contributed by atoms with E-state index in [4.69, 9.17) is 0 Å². The van der Waals surface area contributed by atoms with E-state index in [1.54, 1.807) is 0 Å². The summed E-state index contributed by atoms with van der Waals surface area (Å²) in [5, 5.41) is 10.2. The third kappa shape index (κ3) is 1.46. The normalized spacial score (nSPS) is 44.6. The third-order valence-corrected chi connectivity index (χ3v) is 3.71. The molecular weight excluding hydrogens is 160 g/mol. The summed E-state index contributed by atoms with van der Waals surface area (Å²) in [6, 6.07) is 0. The van der Waals surface area contributed by atoms with Crippen LogP contribution in [0.3, 0.4) is 0 Å². The van der Waals surface area contributed by atoms with Crippen LogP contribution in [0.4, 0.5) is 0 Å². The second-order valence-corrected chi connectivity index (χ2v) is 4.68. The molecule has 0 amide bonds. The first-order valence-electron chi connectivity index (χ1n) is 5.16. The summed E-state index contributed by atoms with van der Waals surface area (Å²) in [6.45, 7) is 6.10. The largest absolute Gasteiger partial charge is 0.390 e. The highest BCUT2D eigenvalue weighted by atomic mass is 16.3. The molecule has 0 radical (unpaired) electrons. The molecule has 3 atom stereocenters. The van der Waals surface area contributed by atoms with Gasteiger partial charge in [-0.25, -0.2) is 0 Å². The molecule has 1 fully saturated rings. The number of allylic oxidation sites excluding steroid dienone is 3. The summed E-state index contributed by atoms with van der Waals surface area (Å²) in [5.41, 5.74) is 0.860. The zero-order valence-electron chi connectivity index (χ0n) is 8.29. The molecule has 0 aromatic heterocycles. The lowest BCUT2D eigenvalue weighted by Gasteiger charge is -2.28. The molecule has 1 saturated carbocycles. The molecule has 72 valence electrons. The molecule has 0 aromatic carbocycles. The van der Waals surface area contributed by atoms with Crippen LogP contribution in [0.2, 0.25) is 0 Å². The predicted octanol–water partition coefficient (Wildman–Crippen LogP) is 2.67. The van der Waals surface area contributed by atoms with E-state index in [-0.39, 0.29) is 0 Å². The fourth-order valence-electron chi connectivity index (χ4n) is 2.80. The molecule has 0 heterocycles. The lowest BCUT2D eigenvalue weighted by Crippen LogP contribution is -2.31. The highest BCUT2D eigenvalue weighted by Gasteiger charge is 2.44. The molecule has 2 aliphatic rings. The Morgan fingerprint density at radius 2 is 2.31 bits per heavy atom. The Bertz CT molecular complexity index is 250. The number of fused-ring (bicyclic) bond motifs is 1. The maximum atomic E-state index is 10.2. The van der Waals surface area contributed by atoms with Crippen molar-refractivity contribution >= 4 is 0 Å². The summed E-state index contributed by atoms with van der Waals surface area (Å²) in [7, 11) is 0. The van der Waals surface area contributed by atoms with Gasteiger partial charge < -0.3 is 5.11 Å². The van der Waals surface area contributed by atoms with Crippen LogP contribution < -0.4 is 0 Å².